The fourth-order valence-electron chi connectivity index (χ4n) is 3.46. The van der Waals surface area contributed by atoms with Crippen LogP contribution in [-0.2, 0) is 11.2 Å². The first kappa shape index (κ1) is 20.9. The predicted octanol–water partition coefficient (Wildman–Crippen LogP) is 5.73. The molecule has 1 aromatic carbocycles. The van der Waals surface area contributed by atoms with Gasteiger partial charge >= 0.3 is 0 Å². The van der Waals surface area contributed by atoms with Crippen molar-refractivity contribution in [3.63, 3.8) is 0 Å². The van der Waals surface area contributed by atoms with Gasteiger partial charge in [0.15, 0.2) is 5.78 Å². The molecule has 0 atom stereocenters. The van der Waals surface area contributed by atoms with Crippen LogP contribution in [0.1, 0.15) is 69.7 Å². The van der Waals surface area contributed by atoms with E-state index in [0.29, 0.717) is 5.88 Å². The molecule has 1 heterocycles. The van der Waals surface area contributed by atoms with Gasteiger partial charge in [0, 0.05) is 24.3 Å². The van der Waals surface area contributed by atoms with Gasteiger partial charge in [-0.15, -0.1) is 0 Å². The number of hydrogen-bond acceptors (Lipinski definition) is 3. The van der Waals surface area contributed by atoms with Gasteiger partial charge in [-0.1, -0.05) is 56.9 Å². The van der Waals surface area contributed by atoms with Crippen molar-refractivity contribution < 1.29 is 14.3 Å². The summed E-state index contributed by atoms with van der Waals surface area (Å²) in [6, 6.07) is 7.62. The number of aromatic nitrogens is 1. The van der Waals surface area contributed by atoms with Crippen molar-refractivity contribution in [2.75, 3.05) is 7.11 Å². The summed E-state index contributed by atoms with van der Waals surface area (Å²) < 4.78 is 7.06. The number of ketones is 1. The molecule has 0 N–H and O–H groups in total. The highest BCUT2D eigenvalue weighted by Gasteiger charge is 2.22. The van der Waals surface area contributed by atoms with E-state index in [9.17, 15) is 9.59 Å². The van der Waals surface area contributed by atoms with Crippen LogP contribution in [0.15, 0.2) is 35.9 Å². The third-order valence-electron chi connectivity index (χ3n) is 4.97. The Balaban J connectivity index is 2.18. The second kappa shape index (κ2) is 10.1. The SMILES string of the molecule is CCCCCCC/C=C(\C)C(=O)Cc1c(OC)n(C(C)=O)c2ccccc12. The number of benzene rings is 1. The fourth-order valence-corrected chi connectivity index (χ4v) is 3.46. The number of unbranched alkanes of at least 4 members (excludes halogenated alkanes) is 5. The Morgan fingerprint density at radius 3 is 2.44 bits per heavy atom. The van der Waals surface area contributed by atoms with E-state index in [0.717, 1.165) is 34.9 Å². The van der Waals surface area contributed by atoms with Crippen molar-refractivity contribution in [2.24, 2.45) is 0 Å². The van der Waals surface area contributed by atoms with Crippen LogP contribution in [0.3, 0.4) is 0 Å². The number of nitrogens with zero attached hydrogens (tertiary/aromatic N) is 1. The number of ether oxygens (including phenoxy) is 1. The third kappa shape index (κ3) is 5.09. The zero-order chi connectivity index (χ0) is 19.8. The minimum atomic E-state index is -0.124. The lowest BCUT2D eigenvalue weighted by Crippen LogP contribution is -2.09. The van der Waals surface area contributed by atoms with Crippen LogP contribution >= 0.6 is 0 Å². The molecule has 0 aliphatic carbocycles. The maximum atomic E-state index is 12.8. The van der Waals surface area contributed by atoms with Crippen molar-refractivity contribution >= 4 is 22.6 Å². The van der Waals surface area contributed by atoms with E-state index in [4.69, 9.17) is 4.74 Å². The van der Waals surface area contributed by atoms with Gasteiger partial charge in [-0.25, -0.2) is 0 Å². The number of rotatable bonds is 10. The lowest BCUT2D eigenvalue weighted by atomic mass is 10.0. The fraction of sp³-hybridized carbons (Fsp3) is 0.478. The minimum Gasteiger partial charge on any atom is -0.482 e. The molecular weight excluding hydrogens is 338 g/mol. The summed E-state index contributed by atoms with van der Waals surface area (Å²) in [7, 11) is 1.54. The van der Waals surface area contributed by atoms with Crippen LogP contribution in [-0.4, -0.2) is 23.4 Å². The number of carbonyl (C=O) groups is 2. The first-order valence-electron chi connectivity index (χ1n) is 9.88. The molecule has 0 bridgehead atoms. The molecule has 2 rings (SSSR count). The zero-order valence-electron chi connectivity index (χ0n) is 17.0. The Labute approximate surface area is 162 Å². The average Bonchev–Trinajstić information content (AvgIpc) is 2.98. The van der Waals surface area contributed by atoms with E-state index in [2.05, 4.69) is 6.92 Å². The number of hydrogen-bond donors (Lipinski definition) is 0. The summed E-state index contributed by atoms with van der Waals surface area (Å²) in [5.74, 6) is 0.416. The van der Waals surface area contributed by atoms with Crippen molar-refractivity contribution in [3.8, 4) is 5.88 Å². The van der Waals surface area contributed by atoms with Crippen LogP contribution < -0.4 is 4.74 Å². The molecule has 0 aliphatic rings. The largest absolute Gasteiger partial charge is 0.482 e. The molecule has 146 valence electrons. The molecule has 1 aromatic heterocycles. The summed E-state index contributed by atoms with van der Waals surface area (Å²) in [6.45, 7) is 5.59. The number of Topliss-reactive ketones (excluding diaryl/α,β-unsaturated/α-hetero) is 1. The van der Waals surface area contributed by atoms with Crippen molar-refractivity contribution in [3.05, 3.63) is 41.5 Å². The number of carbonyl (C=O) groups excluding carboxylic acids is 2. The van der Waals surface area contributed by atoms with Crippen molar-refractivity contribution in [1.82, 2.24) is 4.57 Å². The highest BCUT2D eigenvalue weighted by molar-refractivity contribution is 6.02. The second-order valence-corrected chi connectivity index (χ2v) is 7.05. The second-order valence-electron chi connectivity index (χ2n) is 7.05. The Bertz CT molecular complexity index is 830. The van der Waals surface area contributed by atoms with Crippen LogP contribution in [0.2, 0.25) is 0 Å². The Morgan fingerprint density at radius 1 is 1.07 bits per heavy atom. The average molecular weight is 370 g/mol. The lowest BCUT2D eigenvalue weighted by Gasteiger charge is -2.07. The van der Waals surface area contributed by atoms with Crippen LogP contribution in [0.4, 0.5) is 0 Å². The summed E-state index contributed by atoms with van der Waals surface area (Å²) in [5, 5.41) is 0.894. The number of allylic oxidation sites excluding steroid dienone is 2. The molecule has 0 spiro atoms. The van der Waals surface area contributed by atoms with Gasteiger partial charge in [-0.2, -0.15) is 0 Å². The molecule has 2 aromatic rings. The van der Waals surface area contributed by atoms with Crippen molar-refractivity contribution in [2.45, 2.75) is 65.7 Å². The van der Waals surface area contributed by atoms with E-state index < -0.39 is 0 Å². The van der Waals surface area contributed by atoms with Gasteiger partial charge in [0.1, 0.15) is 0 Å². The topological polar surface area (TPSA) is 48.3 Å². The van der Waals surface area contributed by atoms with Crippen LogP contribution in [0.5, 0.6) is 5.88 Å². The molecule has 4 nitrogen and oxygen atoms in total. The zero-order valence-corrected chi connectivity index (χ0v) is 17.0. The minimum absolute atomic E-state index is 0.0771. The molecule has 0 saturated heterocycles. The van der Waals surface area contributed by atoms with E-state index in [1.54, 1.807) is 11.7 Å². The van der Waals surface area contributed by atoms with E-state index in [-0.39, 0.29) is 18.1 Å². The summed E-state index contributed by atoms with van der Waals surface area (Å²) in [6.07, 6.45) is 9.34. The smallest absolute Gasteiger partial charge is 0.230 e. The van der Waals surface area contributed by atoms with Gasteiger partial charge < -0.3 is 4.74 Å². The Hall–Kier alpha value is -2.36. The lowest BCUT2D eigenvalue weighted by molar-refractivity contribution is -0.114. The first-order valence-corrected chi connectivity index (χ1v) is 9.88. The van der Waals surface area contributed by atoms with Gasteiger partial charge in [-0.05, 0) is 31.4 Å². The number of para-hydroxylation sites is 1. The summed E-state index contributed by atoms with van der Waals surface area (Å²) >= 11 is 0. The molecule has 0 amide bonds. The maximum absolute atomic E-state index is 12.8. The van der Waals surface area contributed by atoms with E-state index >= 15 is 0 Å². The van der Waals surface area contributed by atoms with Gasteiger partial charge in [0.05, 0.1) is 12.6 Å². The van der Waals surface area contributed by atoms with E-state index in [1.807, 2.05) is 37.3 Å². The summed E-state index contributed by atoms with van der Waals surface area (Å²) in [5.41, 5.74) is 2.35. The summed E-state index contributed by atoms with van der Waals surface area (Å²) in [4.78, 5) is 24.9. The normalized spacial score (nSPS) is 11.8. The standard InChI is InChI=1S/C23H31NO3/c1-5-6-7-8-9-10-13-17(2)22(26)16-20-19-14-11-12-15-21(19)24(18(3)25)23(20)27-4/h11-15H,5-10,16H2,1-4H3/b17-13+. The Morgan fingerprint density at radius 2 is 1.78 bits per heavy atom. The van der Waals surface area contributed by atoms with Crippen molar-refractivity contribution in [1.29, 1.82) is 0 Å². The van der Waals surface area contributed by atoms with Crippen LogP contribution in [0, 0.1) is 0 Å². The highest BCUT2D eigenvalue weighted by Crippen LogP contribution is 2.33. The molecule has 0 aliphatic heterocycles. The first-order chi connectivity index (χ1) is 13.0. The Kier molecular flexibility index (Phi) is 7.83. The molecule has 0 unspecified atom stereocenters. The van der Waals surface area contributed by atoms with Crippen LogP contribution in [0.25, 0.3) is 10.9 Å². The molecule has 27 heavy (non-hydrogen) atoms. The van der Waals surface area contributed by atoms with Gasteiger partial charge in [0.2, 0.25) is 11.8 Å². The van der Waals surface area contributed by atoms with E-state index in [1.165, 1.54) is 32.6 Å². The third-order valence-corrected chi connectivity index (χ3v) is 4.97. The van der Waals surface area contributed by atoms with Gasteiger partial charge in [-0.3, -0.25) is 14.2 Å². The molecule has 4 heteroatoms. The highest BCUT2D eigenvalue weighted by atomic mass is 16.5. The molecule has 0 fully saturated rings. The molecule has 0 radical (unpaired) electrons. The maximum Gasteiger partial charge on any atom is 0.230 e. The predicted molar refractivity (Wildman–Crippen MR) is 111 cm³/mol. The van der Waals surface area contributed by atoms with Gasteiger partial charge in [0.25, 0.3) is 0 Å². The quantitative estimate of drug-likeness (QED) is 0.397. The number of methoxy groups -OCH3 is 1. The number of fused-ring (bicyclic) bond motifs is 1. The molecule has 0 saturated carbocycles. The monoisotopic (exact) mass is 369 g/mol. The molecular formula is C23H31NO3.